The van der Waals surface area contributed by atoms with E-state index < -0.39 is 0 Å². The number of halogens is 2. The van der Waals surface area contributed by atoms with Crippen LogP contribution < -0.4 is 0 Å². The first-order chi connectivity index (χ1) is 8.06. The van der Waals surface area contributed by atoms with Crippen molar-refractivity contribution >= 4 is 45.2 Å². The van der Waals surface area contributed by atoms with Crippen LogP contribution in [0.3, 0.4) is 0 Å². The largest absolute Gasteiger partial charge is 0.508 e. The van der Waals surface area contributed by atoms with Gasteiger partial charge in [0.2, 0.25) is 0 Å². The van der Waals surface area contributed by atoms with Gasteiger partial charge in [0.1, 0.15) is 11.5 Å². The van der Waals surface area contributed by atoms with Gasteiger partial charge in [0.05, 0.1) is 7.14 Å². The Balaban J connectivity index is 2.27. The lowest BCUT2D eigenvalue weighted by atomic mass is 10.0. The molecule has 0 fully saturated rings. The van der Waals surface area contributed by atoms with Crippen molar-refractivity contribution in [2.24, 2.45) is 0 Å². The zero-order chi connectivity index (χ0) is 12.4. The Morgan fingerprint density at radius 2 is 1.35 bits per heavy atom. The van der Waals surface area contributed by atoms with Crippen molar-refractivity contribution in [1.29, 1.82) is 0 Å². The molecular weight excluding hydrogens is 442 g/mol. The molecule has 0 unspecified atom stereocenters. The van der Waals surface area contributed by atoms with Crippen molar-refractivity contribution in [3.63, 3.8) is 0 Å². The van der Waals surface area contributed by atoms with Crippen molar-refractivity contribution in [1.82, 2.24) is 0 Å². The molecule has 2 N–H and O–H groups in total. The van der Waals surface area contributed by atoms with Gasteiger partial charge >= 0.3 is 0 Å². The van der Waals surface area contributed by atoms with E-state index in [1.54, 1.807) is 12.1 Å². The van der Waals surface area contributed by atoms with Gasteiger partial charge in [0, 0.05) is 0 Å². The van der Waals surface area contributed by atoms with Crippen LogP contribution in [-0.2, 0) is 6.42 Å². The average Bonchev–Trinajstić information content (AvgIpc) is 2.29. The second-order valence-electron chi connectivity index (χ2n) is 3.75. The highest BCUT2D eigenvalue weighted by Crippen LogP contribution is 2.28. The van der Waals surface area contributed by atoms with E-state index in [-0.39, 0.29) is 5.75 Å². The lowest BCUT2D eigenvalue weighted by Crippen LogP contribution is -1.91. The summed E-state index contributed by atoms with van der Waals surface area (Å²) in [6.45, 7) is 0. The molecule has 0 aliphatic heterocycles. The zero-order valence-electron chi connectivity index (χ0n) is 8.82. The maximum atomic E-state index is 9.69. The second kappa shape index (κ2) is 5.43. The van der Waals surface area contributed by atoms with Gasteiger partial charge in [-0.2, -0.15) is 0 Å². The molecule has 0 saturated carbocycles. The molecular formula is C13H10I2O2. The van der Waals surface area contributed by atoms with Gasteiger partial charge in [0.25, 0.3) is 0 Å². The Morgan fingerprint density at radius 3 is 1.88 bits per heavy atom. The minimum Gasteiger partial charge on any atom is -0.508 e. The standard InChI is InChI=1S/C13H10I2O2/c14-11-6-9(7-12(15)13(11)17)5-8-1-3-10(16)4-2-8/h1-4,6-7,16-17H,5H2. The third-order valence-corrected chi connectivity index (χ3v) is 4.07. The van der Waals surface area contributed by atoms with Crippen LogP contribution in [0.25, 0.3) is 0 Å². The Labute approximate surface area is 127 Å². The van der Waals surface area contributed by atoms with Gasteiger partial charge in [-0.25, -0.2) is 0 Å². The van der Waals surface area contributed by atoms with Crippen molar-refractivity contribution in [2.75, 3.05) is 0 Å². The van der Waals surface area contributed by atoms with Crippen LogP contribution in [0, 0.1) is 7.14 Å². The molecule has 17 heavy (non-hydrogen) atoms. The highest BCUT2D eigenvalue weighted by Gasteiger charge is 2.06. The predicted octanol–water partition coefficient (Wildman–Crippen LogP) is 3.90. The topological polar surface area (TPSA) is 40.5 Å². The fourth-order valence-corrected chi connectivity index (χ4v) is 3.47. The molecule has 2 rings (SSSR count). The number of benzene rings is 2. The van der Waals surface area contributed by atoms with Gasteiger partial charge in [-0.05, 0) is 87.0 Å². The van der Waals surface area contributed by atoms with Crippen LogP contribution in [0.1, 0.15) is 11.1 Å². The van der Waals surface area contributed by atoms with E-state index in [0.717, 1.165) is 24.7 Å². The smallest absolute Gasteiger partial charge is 0.142 e. The predicted molar refractivity (Wildman–Crippen MR) is 84.5 cm³/mol. The molecule has 0 bridgehead atoms. The third-order valence-electron chi connectivity index (χ3n) is 2.42. The fourth-order valence-electron chi connectivity index (χ4n) is 1.57. The minimum atomic E-state index is 0.281. The first-order valence-electron chi connectivity index (χ1n) is 5.01. The molecule has 0 heterocycles. The summed E-state index contributed by atoms with van der Waals surface area (Å²) in [5.41, 5.74) is 2.29. The molecule has 0 saturated heterocycles. The first kappa shape index (κ1) is 12.9. The Kier molecular flexibility index (Phi) is 4.13. The highest BCUT2D eigenvalue weighted by atomic mass is 127. The lowest BCUT2D eigenvalue weighted by molar-refractivity contribution is 0.467. The SMILES string of the molecule is Oc1ccc(Cc2cc(I)c(O)c(I)c2)cc1. The maximum Gasteiger partial charge on any atom is 0.142 e. The molecule has 2 aromatic rings. The molecule has 0 aromatic heterocycles. The minimum absolute atomic E-state index is 0.281. The molecule has 0 spiro atoms. The number of rotatable bonds is 2. The van der Waals surface area contributed by atoms with Crippen LogP contribution in [0.5, 0.6) is 11.5 Å². The summed E-state index contributed by atoms with van der Waals surface area (Å²) in [5.74, 6) is 0.629. The quantitative estimate of drug-likeness (QED) is 0.680. The molecule has 0 radical (unpaired) electrons. The van der Waals surface area contributed by atoms with Crippen LogP contribution in [0.2, 0.25) is 0 Å². The van der Waals surface area contributed by atoms with Crippen LogP contribution in [0.15, 0.2) is 36.4 Å². The van der Waals surface area contributed by atoms with E-state index in [1.165, 1.54) is 0 Å². The maximum absolute atomic E-state index is 9.69. The van der Waals surface area contributed by atoms with Crippen molar-refractivity contribution in [2.45, 2.75) is 6.42 Å². The number of phenolic OH excluding ortho intramolecular Hbond substituents is 2. The summed E-state index contributed by atoms with van der Waals surface area (Å²) in [5, 5.41) is 18.9. The molecule has 4 heteroatoms. The zero-order valence-corrected chi connectivity index (χ0v) is 13.1. The van der Waals surface area contributed by atoms with Gasteiger partial charge in [-0.15, -0.1) is 0 Å². The van der Waals surface area contributed by atoms with E-state index >= 15 is 0 Å². The number of hydrogen-bond acceptors (Lipinski definition) is 2. The van der Waals surface area contributed by atoms with Crippen LogP contribution in [0.4, 0.5) is 0 Å². The van der Waals surface area contributed by atoms with Crippen molar-refractivity contribution in [3.8, 4) is 11.5 Å². The third kappa shape index (κ3) is 3.25. The summed E-state index contributed by atoms with van der Waals surface area (Å²) in [4.78, 5) is 0. The Hall–Kier alpha value is -0.500. The van der Waals surface area contributed by atoms with E-state index in [9.17, 15) is 10.2 Å². The van der Waals surface area contributed by atoms with Crippen molar-refractivity contribution in [3.05, 3.63) is 54.7 Å². The molecule has 2 nitrogen and oxygen atoms in total. The number of hydrogen-bond donors (Lipinski definition) is 2. The second-order valence-corrected chi connectivity index (χ2v) is 6.08. The summed E-state index contributed by atoms with van der Waals surface area (Å²) < 4.78 is 1.73. The van der Waals surface area contributed by atoms with Gasteiger partial charge in [-0.3, -0.25) is 0 Å². The molecule has 88 valence electrons. The molecule has 2 aromatic carbocycles. The Morgan fingerprint density at radius 1 is 0.824 bits per heavy atom. The van der Waals surface area contributed by atoms with E-state index in [4.69, 9.17) is 0 Å². The number of phenols is 2. The summed E-state index contributed by atoms with van der Waals surface area (Å²) in [6.07, 6.45) is 0.798. The van der Waals surface area contributed by atoms with Gasteiger partial charge < -0.3 is 10.2 Å². The highest BCUT2D eigenvalue weighted by molar-refractivity contribution is 14.1. The summed E-state index contributed by atoms with van der Waals surface area (Å²) >= 11 is 4.26. The molecule has 0 aliphatic rings. The average molecular weight is 452 g/mol. The fraction of sp³-hybridized carbons (Fsp3) is 0.0769. The normalized spacial score (nSPS) is 10.5. The monoisotopic (exact) mass is 452 g/mol. The lowest BCUT2D eigenvalue weighted by Gasteiger charge is -2.06. The first-order valence-corrected chi connectivity index (χ1v) is 7.17. The number of aromatic hydroxyl groups is 2. The molecule has 0 amide bonds. The Bertz CT molecular complexity index is 513. The van der Waals surface area contributed by atoms with Crippen molar-refractivity contribution < 1.29 is 10.2 Å². The molecule has 0 atom stereocenters. The summed E-state index contributed by atoms with van der Waals surface area (Å²) in [6, 6.07) is 11.1. The van der Waals surface area contributed by atoms with Crippen LogP contribution in [-0.4, -0.2) is 10.2 Å². The van der Waals surface area contributed by atoms with Gasteiger partial charge in [-0.1, -0.05) is 12.1 Å². The summed E-state index contributed by atoms with van der Waals surface area (Å²) in [7, 11) is 0. The molecule has 0 aliphatic carbocycles. The van der Waals surface area contributed by atoms with Gasteiger partial charge in [0.15, 0.2) is 0 Å². The van der Waals surface area contributed by atoms with E-state index in [1.807, 2.05) is 24.3 Å². The van der Waals surface area contributed by atoms with Crippen LogP contribution >= 0.6 is 45.2 Å². The van der Waals surface area contributed by atoms with E-state index in [2.05, 4.69) is 45.2 Å². The van der Waals surface area contributed by atoms with E-state index in [0.29, 0.717) is 5.75 Å².